The summed E-state index contributed by atoms with van der Waals surface area (Å²) in [5, 5.41) is 0. The van der Waals surface area contributed by atoms with E-state index < -0.39 is 11.8 Å². The lowest BCUT2D eigenvalue weighted by molar-refractivity contribution is 0.00326. The maximum Gasteiger partial charge on any atom is 0.272 e. The monoisotopic (exact) mass is 142 g/mol. The molecule has 0 fully saturated rings. The fraction of sp³-hybridized carbons (Fsp3) is 0.500. The van der Waals surface area contributed by atoms with Crippen molar-refractivity contribution in [1.82, 2.24) is 0 Å². The Labute approximate surface area is 58.2 Å². The molecule has 0 nitrogen and oxygen atoms in total. The summed E-state index contributed by atoms with van der Waals surface area (Å²) in [4.78, 5) is 0. The summed E-state index contributed by atoms with van der Waals surface area (Å²) in [6.45, 7) is 0. The van der Waals surface area contributed by atoms with E-state index in [4.69, 9.17) is 0 Å². The Morgan fingerprint density at radius 2 is 2.00 bits per heavy atom. The minimum Gasteiger partial charge on any atom is -0.201 e. The molecule has 0 saturated carbocycles. The Morgan fingerprint density at radius 1 is 1.20 bits per heavy atom. The van der Waals surface area contributed by atoms with E-state index in [2.05, 4.69) is 0 Å². The van der Waals surface area contributed by atoms with Gasteiger partial charge in [-0.3, -0.25) is 0 Å². The Bertz CT molecular complexity index is 203. The van der Waals surface area contributed by atoms with Crippen molar-refractivity contribution in [3.8, 4) is 0 Å². The second kappa shape index (κ2) is 1.68. The second-order valence-corrected chi connectivity index (χ2v) is 2.92. The van der Waals surface area contributed by atoms with E-state index in [0.717, 1.165) is 6.08 Å². The van der Waals surface area contributed by atoms with Crippen molar-refractivity contribution in [2.45, 2.75) is 12.3 Å². The normalized spacial score (nSPS) is 40.6. The number of halogens is 2. The fourth-order valence-corrected chi connectivity index (χ4v) is 1.53. The van der Waals surface area contributed by atoms with Crippen molar-refractivity contribution in [3.05, 3.63) is 24.3 Å². The molecule has 2 atom stereocenters. The van der Waals surface area contributed by atoms with Gasteiger partial charge in [0.25, 0.3) is 5.92 Å². The second-order valence-electron chi connectivity index (χ2n) is 2.92. The minimum absolute atomic E-state index is 0.282. The third-order valence-corrected chi connectivity index (χ3v) is 2.18. The average molecular weight is 142 g/mol. The summed E-state index contributed by atoms with van der Waals surface area (Å²) in [6, 6.07) is 0. The molecule has 2 rings (SSSR count). The van der Waals surface area contributed by atoms with Crippen molar-refractivity contribution in [3.63, 3.8) is 0 Å². The van der Waals surface area contributed by atoms with Crippen molar-refractivity contribution in [2.75, 3.05) is 0 Å². The highest BCUT2D eigenvalue weighted by molar-refractivity contribution is 5.21. The quantitative estimate of drug-likeness (QED) is 0.455. The van der Waals surface area contributed by atoms with Crippen LogP contribution < -0.4 is 0 Å². The third-order valence-electron chi connectivity index (χ3n) is 2.18. The number of hydrogen-bond donors (Lipinski definition) is 0. The predicted octanol–water partition coefficient (Wildman–Crippen LogP) is 2.38. The van der Waals surface area contributed by atoms with Crippen LogP contribution in [0.25, 0.3) is 0 Å². The van der Waals surface area contributed by atoms with Crippen LogP contribution in [0.1, 0.15) is 6.42 Å². The molecule has 0 aliphatic heterocycles. The Hall–Kier alpha value is -0.660. The van der Waals surface area contributed by atoms with Crippen molar-refractivity contribution in [2.24, 2.45) is 11.8 Å². The molecular formula is C8H8F2. The first kappa shape index (κ1) is 6.08. The van der Waals surface area contributed by atoms with Gasteiger partial charge in [-0.1, -0.05) is 18.2 Å². The van der Waals surface area contributed by atoms with Gasteiger partial charge in [-0.2, -0.15) is 0 Å². The highest BCUT2D eigenvalue weighted by Crippen LogP contribution is 2.41. The van der Waals surface area contributed by atoms with Gasteiger partial charge in [0.05, 0.1) is 0 Å². The van der Waals surface area contributed by atoms with Crippen LogP contribution >= 0.6 is 0 Å². The van der Waals surface area contributed by atoms with Gasteiger partial charge in [-0.05, 0) is 18.4 Å². The molecule has 0 radical (unpaired) electrons. The van der Waals surface area contributed by atoms with E-state index in [0.29, 0.717) is 6.42 Å². The summed E-state index contributed by atoms with van der Waals surface area (Å²) >= 11 is 0. The maximum atomic E-state index is 12.8. The molecule has 0 heterocycles. The minimum atomic E-state index is -2.58. The molecule has 0 aromatic carbocycles. The Balaban J connectivity index is 2.36. The SMILES string of the molecule is FC1(F)C=CC2C=CC1C2. The van der Waals surface area contributed by atoms with Crippen molar-refractivity contribution in [1.29, 1.82) is 0 Å². The molecule has 2 aliphatic rings. The van der Waals surface area contributed by atoms with Crippen LogP contribution in [0.2, 0.25) is 0 Å². The van der Waals surface area contributed by atoms with Gasteiger partial charge in [-0.25, -0.2) is 8.78 Å². The van der Waals surface area contributed by atoms with Crippen LogP contribution in [0.15, 0.2) is 24.3 Å². The largest absolute Gasteiger partial charge is 0.272 e. The molecule has 2 heteroatoms. The van der Waals surface area contributed by atoms with E-state index in [9.17, 15) is 8.78 Å². The van der Waals surface area contributed by atoms with Crippen LogP contribution in [0, 0.1) is 11.8 Å². The zero-order chi connectivity index (χ0) is 7.19. The summed E-state index contributed by atoms with van der Waals surface area (Å²) in [7, 11) is 0. The average Bonchev–Trinajstić information content (AvgIpc) is 2.26. The molecule has 0 aromatic rings. The van der Waals surface area contributed by atoms with Gasteiger partial charge in [0.2, 0.25) is 0 Å². The molecule has 2 unspecified atom stereocenters. The number of hydrogen-bond acceptors (Lipinski definition) is 0. The molecule has 0 amide bonds. The lowest BCUT2D eigenvalue weighted by Crippen LogP contribution is -2.26. The lowest BCUT2D eigenvalue weighted by Gasteiger charge is -2.22. The van der Waals surface area contributed by atoms with Gasteiger partial charge in [0.15, 0.2) is 0 Å². The van der Waals surface area contributed by atoms with E-state index in [1.165, 1.54) is 0 Å². The molecule has 2 aliphatic carbocycles. The molecule has 0 aromatic heterocycles. The molecule has 10 heavy (non-hydrogen) atoms. The van der Waals surface area contributed by atoms with Gasteiger partial charge in [0, 0.05) is 5.92 Å². The zero-order valence-corrected chi connectivity index (χ0v) is 5.43. The van der Waals surface area contributed by atoms with Crippen LogP contribution in [-0.4, -0.2) is 5.92 Å². The first-order valence-electron chi connectivity index (χ1n) is 3.44. The standard InChI is InChI=1S/C8H8F2/c9-8(10)4-3-6-1-2-7(8)5-6/h1-4,6-7H,5H2. The highest BCUT2D eigenvalue weighted by Gasteiger charge is 2.41. The predicted molar refractivity (Wildman–Crippen MR) is 34.8 cm³/mol. The van der Waals surface area contributed by atoms with Gasteiger partial charge >= 0.3 is 0 Å². The van der Waals surface area contributed by atoms with Crippen molar-refractivity contribution >= 4 is 0 Å². The van der Waals surface area contributed by atoms with Gasteiger partial charge < -0.3 is 0 Å². The van der Waals surface area contributed by atoms with E-state index in [-0.39, 0.29) is 5.92 Å². The van der Waals surface area contributed by atoms with Gasteiger partial charge in [-0.15, -0.1) is 0 Å². The van der Waals surface area contributed by atoms with Crippen LogP contribution in [0.4, 0.5) is 8.78 Å². The van der Waals surface area contributed by atoms with Crippen LogP contribution in [-0.2, 0) is 0 Å². The van der Waals surface area contributed by atoms with Crippen LogP contribution in [0.5, 0.6) is 0 Å². The highest BCUT2D eigenvalue weighted by atomic mass is 19.3. The van der Waals surface area contributed by atoms with E-state index in [1.54, 1.807) is 12.2 Å². The Kier molecular flexibility index (Phi) is 1.02. The molecular weight excluding hydrogens is 134 g/mol. The van der Waals surface area contributed by atoms with Crippen LogP contribution in [0.3, 0.4) is 0 Å². The van der Waals surface area contributed by atoms with Crippen molar-refractivity contribution < 1.29 is 8.78 Å². The topological polar surface area (TPSA) is 0 Å². The summed E-state index contributed by atoms with van der Waals surface area (Å²) < 4.78 is 25.5. The van der Waals surface area contributed by atoms with E-state index >= 15 is 0 Å². The van der Waals surface area contributed by atoms with E-state index in [1.807, 2.05) is 6.08 Å². The fourth-order valence-electron chi connectivity index (χ4n) is 1.53. The lowest BCUT2D eigenvalue weighted by atomic mass is 9.91. The first-order valence-corrected chi connectivity index (χ1v) is 3.44. The number of alkyl halides is 2. The summed E-state index contributed by atoms with van der Waals surface area (Å²) in [5.74, 6) is -2.82. The van der Waals surface area contributed by atoms with Gasteiger partial charge in [0.1, 0.15) is 0 Å². The molecule has 2 bridgehead atoms. The smallest absolute Gasteiger partial charge is 0.201 e. The maximum absolute atomic E-state index is 12.8. The molecule has 0 saturated heterocycles. The number of rotatable bonds is 0. The first-order chi connectivity index (χ1) is 4.68. The Morgan fingerprint density at radius 3 is 2.70 bits per heavy atom. The zero-order valence-electron chi connectivity index (χ0n) is 5.43. The molecule has 54 valence electrons. The molecule has 0 spiro atoms. The third kappa shape index (κ3) is 0.713. The summed E-state index contributed by atoms with van der Waals surface area (Å²) in [6.07, 6.45) is 6.72. The number of fused-ring (bicyclic) bond motifs is 2. The number of allylic oxidation sites excluding steroid dienone is 4. The molecule has 0 N–H and O–H groups in total. The summed E-state index contributed by atoms with van der Waals surface area (Å²) in [5.41, 5.74) is 0.